The summed E-state index contributed by atoms with van der Waals surface area (Å²) in [5, 5.41) is 4.77. The molecule has 1 aromatic heterocycles. The van der Waals surface area contributed by atoms with Gasteiger partial charge in [-0.2, -0.15) is 5.10 Å². The van der Waals surface area contributed by atoms with E-state index in [2.05, 4.69) is 36.4 Å². The van der Waals surface area contributed by atoms with Gasteiger partial charge in [-0.15, -0.1) is 0 Å². The van der Waals surface area contributed by atoms with Crippen LogP contribution in [-0.2, 0) is 5.75 Å². The van der Waals surface area contributed by atoms with Gasteiger partial charge in [0.2, 0.25) is 0 Å². The fraction of sp³-hybridized carbons (Fsp3) is 0.143. The summed E-state index contributed by atoms with van der Waals surface area (Å²) < 4.78 is 0.961. The topological polar surface area (TPSA) is 67.2 Å². The first-order chi connectivity index (χ1) is 13.5. The first-order valence-electron chi connectivity index (χ1n) is 8.62. The van der Waals surface area contributed by atoms with Gasteiger partial charge in [0.25, 0.3) is 5.91 Å². The van der Waals surface area contributed by atoms with Gasteiger partial charge in [-0.1, -0.05) is 52.0 Å². The molecule has 0 saturated carbocycles. The van der Waals surface area contributed by atoms with Crippen LogP contribution in [0.4, 0.5) is 0 Å². The van der Waals surface area contributed by atoms with Gasteiger partial charge in [-0.3, -0.25) is 4.79 Å². The lowest BCUT2D eigenvalue weighted by Gasteiger charge is -2.05. The molecule has 2 aromatic carbocycles. The highest BCUT2D eigenvalue weighted by Gasteiger charge is 2.06. The zero-order valence-corrected chi connectivity index (χ0v) is 17.9. The average molecular weight is 455 g/mol. The number of halogens is 1. The molecule has 0 bridgehead atoms. The number of carbonyl (C=O) groups excluding carboxylic acids is 1. The van der Waals surface area contributed by atoms with Crippen molar-refractivity contribution in [1.29, 1.82) is 0 Å². The van der Waals surface area contributed by atoms with Crippen molar-refractivity contribution in [3.8, 4) is 0 Å². The Bertz CT molecular complexity index is 985. The number of nitrogens with zero attached hydrogens (tertiary/aromatic N) is 3. The molecular formula is C21H19BrN4OS. The summed E-state index contributed by atoms with van der Waals surface area (Å²) in [6.07, 6.45) is 1.61. The number of rotatable bonds is 6. The molecule has 0 aliphatic heterocycles. The van der Waals surface area contributed by atoms with Crippen LogP contribution in [-0.4, -0.2) is 22.1 Å². The molecule has 1 amide bonds. The van der Waals surface area contributed by atoms with Crippen LogP contribution in [0.2, 0.25) is 0 Å². The molecule has 142 valence electrons. The van der Waals surface area contributed by atoms with E-state index in [9.17, 15) is 4.79 Å². The van der Waals surface area contributed by atoms with E-state index in [-0.39, 0.29) is 5.91 Å². The Morgan fingerprint density at radius 2 is 1.82 bits per heavy atom. The fourth-order valence-corrected chi connectivity index (χ4v) is 3.80. The van der Waals surface area contributed by atoms with E-state index in [0.717, 1.165) is 37.9 Å². The van der Waals surface area contributed by atoms with E-state index in [1.165, 1.54) is 0 Å². The fourth-order valence-electron chi connectivity index (χ4n) is 2.48. The quantitative estimate of drug-likeness (QED) is 0.248. The SMILES string of the molecule is Cc1cc(C)nc(SCc2ccc(C(=O)N/N=C/c3cccc(Br)c3)cc2)n1. The number of hydrazone groups is 1. The van der Waals surface area contributed by atoms with Crippen LogP contribution in [0.1, 0.15) is 32.9 Å². The molecule has 0 saturated heterocycles. The highest BCUT2D eigenvalue weighted by Crippen LogP contribution is 2.20. The third kappa shape index (κ3) is 6.00. The molecule has 0 atom stereocenters. The van der Waals surface area contributed by atoms with Gasteiger partial charge >= 0.3 is 0 Å². The molecule has 0 aliphatic rings. The van der Waals surface area contributed by atoms with E-state index in [4.69, 9.17) is 0 Å². The van der Waals surface area contributed by atoms with E-state index < -0.39 is 0 Å². The number of hydrogen-bond acceptors (Lipinski definition) is 5. The van der Waals surface area contributed by atoms with E-state index in [0.29, 0.717) is 5.56 Å². The van der Waals surface area contributed by atoms with Crippen LogP contribution in [0.15, 0.2) is 69.3 Å². The van der Waals surface area contributed by atoms with Crippen molar-refractivity contribution in [3.63, 3.8) is 0 Å². The maximum Gasteiger partial charge on any atom is 0.271 e. The average Bonchev–Trinajstić information content (AvgIpc) is 2.66. The first-order valence-corrected chi connectivity index (χ1v) is 10.4. The van der Waals surface area contributed by atoms with Crippen LogP contribution in [0.3, 0.4) is 0 Å². The lowest BCUT2D eigenvalue weighted by molar-refractivity contribution is 0.0955. The molecule has 7 heteroatoms. The normalized spacial score (nSPS) is 11.0. The molecule has 0 fully saturated rings. The summed E-state index contributed by atoms with van der Waals surface area (Å²) in [6.45, 7) is 3.93. The smallest absolute Gasteiger partial charge is 0.267 e. The lowest BCUT2D eigenvalue weighted by atomic mass is 10.1. The second-order valence-electron chi connectivity index (χ2n) is 6.17. The molecule has 5 nitrogen and oxygen atoms in total. The summed E-state index contributed by atoms with van der Waals surface area (Å²) in [7, 11) is 0. The van der Waals surface area contributed by atoms with E-state index >= 15 is 0 Å². The molecule has 0 spiro atoms. The van der Waals surface area contributed by atoms with Gasteiger partial charge in [0.1, 0.15) is 0 Å². The predicted octanol–water partition coefficient (Wildman–Crippen LogP) is 4.91. The summed E-state index contributed by atoms with van der Waals surface area (Å²) >= 11 is 4.98. The number of thioether (sulfide) groups is 1. The van der Waals surface area contributed by atoms with Crippen molar-refractivity contribution in [2.75, 3.05) is 0 Å². The number of aryl methyl sites for hydroxylation is 2. The Morgan fingerprint density at radius 3 is 2.50 bits per heavy atom. The van der Waals surface area contributed by atoms with E-state index in [1.54, 1.807) is 30.1 Å². The van der Waals surface area contributed by atoms with Crippen molar-refractivity contribution < 1.29 is 4.79 Å². The largest absolute Gasteiger partial charge is 0.271 e. The predicted molar refractivity (Wildman–Crippen MR) is 117 cm³/mol. The lowest BCUT2D eigenvalue weighted by Crippen LogP contribution is -2.17. The molecule has 0 unspecified atom stereocenters. The number of benzene rings is 2. The maximum absolute atomic E-state index is 12.2. The second-order valence-corrected chi connectivity index (χ2v) is 8.03. The standard InChI is InChI=1S/C21H19BrN4OS/c1-14-10-15(2)25-21(24-14)28-13-16-6-8-18(9-7-16)20(27)26-23-12-17-4-3-5-19(22)11-17/h3-12H,13H2,1-2H3,(H,26,27)/b23-12+. The number of hydrogen-bond donors (Lipinski definition) is 1. The van der Waals surface area contributed by atoms with Gasteiger partial charge < -0.3 is 0 Å². The summed E-state index contributed by atoms with van der Waals surface area (Å²) in [5.74, 6) is 0.495. The number of aromatic nitrogens is 2. The van der Waals surface area contributed by atoms with Crippen molar-refractivity contribution in [2.45, 2.75) is 24.8 Å². The molecule has 1 heterocycles. The van der Waals surface area contributed by atoms with Gasteiger partial charge in [0, 0.05) is 27.2 Å². The molecule has 3 aromatic rings. The summed E-state index contributed by atoms with van der Waals surface area (Å²) in [6, 6.07) is 17.1. The minimum absolute atomic E-state index is 0.247. The highest BCUT2D eigenvalue weighted by atomic mass is 79.9. The van der Waals surface area contributed by atoms with Gasteiger partial charge in [-0.05, 0) is 55.3 Å². The number of amides is 1. The van der Waals surface area contributed by atoms with E-state index in [1.807, 2.05) is 56.3 Å². The third-order valence-corrected chi connectivity index (χ3v) is 5.19. The minimum Gasteiger partial charge on any atom is -0.267 e. The highest BCUT2D eigenvalue weighted by molar-refractivity contribution is 9.10. The Morgan fingerprint density at radius 1 is 1.11 bits per heavy atom. The van der Waals surface area contributed by atoms with Crippen LogP contribution in [0.5, 0.6) is 0 Å². The minimum atomic E-state index is -0.247. The summed E-state index contributed by atoms with van der Waals surface area (Å²) in [5.41, 5.74) is 7.03. The van der Waals surface area contributed by atoms with Crippen LogP contribution < -0.4 is 5.43 Å². The van der Waals surface area contributed by atoms with Crippen molar-refractivity contribution in [1.82, 2.24) is 15.4 Å². The van der Waals surface area contributed by atoms with Gasteiger partial charge in [0.15, 0.2) is 5.16 Å². The molecule has 0 aliphatic carbocycles. The van der Waals surface area contributed by atoms with Crippen molar-refractivity contribution in [2.24, 2.45) is 5.10 Å². The Labute approximate surface area is 176 Å². The second kappa shape index (κ2) is 9.61. The monoisotopic (exact) mass is 454 g/mol. The molecule has 0 radical (unpaired) electrons. The maximum atomic E-state index is 12.2. The molecule has 1 N–H and O–H groups in total. The molecule has 3 rings (SSSR count). The van der Waals surface area contributed by atoms with Crippen LogP contribution in [0, 0.1) is 13.8 Å². The van der Waals surface area contributed by atoms with Gasteiger partial charge in [0.05, 0.1) is 6.21 Å². The van der Waals surface area contributed by atoms with Crippen LogP contribution in [0.25, 0.3) is 0 Å². The Kier molecular flexibility index (Phi) is 6.95. The van der Waals surface area contributed by atoms with Gasteiger partial charge in [-0.25, -0.2) is 15.4 Å². The Hall–Kier alpha value is -2.51. The third-order valence-electron chi connectivity index (χ3n) is 3.77. The Balaban J connectivity index is 1.55. The van der Waals surface area contributed by atoms with Crippen molar-refractivity contribution >= 4 is 39.8 Å². The number of carbonyl (C=O) groups is 1. The molecule has 28 heavy (non-hydrogen) atoms. The van der Waals surface area contributed by atoms with Crippen molar-refractivity contribution in [3.05, 3.63) is 87.1 Å². The summed E-state index contributed by atoms with van der Waals surface area (Å²) in [4.78, 5) is 21.1. The first kappa shape index (κ1) is 20.2. The number of nitrogens with one attached hydrogen (secondary N) is 1. The molecular weight excluding hydrogens is 436 g/mol. The van der Waals surface area contributed by atoms with Crippen LogP contribution >= 0.6 is 27.7 Å². The zero-order valence-electron chi connectivity index (χ0n) is 15.5. The zero-order chi connectivity index (χ0) is 19.9.